The van der Waals surface area contributed by atoms with Gasteiger partial charge in [0, 0.05) is 24.6 Å². The normalized spacial score (nSPS) is 15.8. The van der Waals surface area contributed by atoms with Crippen molar-refractivity contribution in [1.29, 1.82) is 0 Å². The molecule has 0 radical (unpaired) electrons. The number of furan rings is 1. The van der Waals surface area contributed by atoms with Gasteiger partial charge < -0.3 is 9.52 Å². The van der Waals surface area contributed by atoms with E-state index >= 15 is 0 Å². The number of carboxylic acid groups (broad SMARTS) is 1. The summed E-state index contributed by atoms with van der Waals surface area (Å²) in [5.41, 5.74) is -1.34. The molecule has 11 heteroatoms. The number of carbonyl (C=O) groups is 2. The lowest BCUT2D eigenvalue weighted by atomic mass is 10.1. The number of rotatable bonds is 8. The molecule has 0 saturated carbocycles. The summed E-state index contributed by atoms with van der Waals surface area (Å²) in [7, 11) is 0. The highest BCUT2D eigenvalue weighted by molar-refractivity contribution is 8.26. The van der Waals surface area contributed by atoms with Gasteiger partial charge >= 0.3 is 12.1 Å². The number of thioether (sulfide) groups is 1. The zero-order chi connectivity index (χ0) is 23.5. The van der Waals surface area contributed by atoms with Gasteiger partial charge in [0.1, 0.15) is 21.7 Å². The van der Waals surface area contributed by atoms with Crippen molar-refractivity contribution in [3.8, 4) is 11.3 Å². The SMILES string of the molecule is O=C(O)CCCCCN1C(=O)/C(=C\c2ccc(-c3ccc(F)c(C(F)(F)F)c3)o2)SC1=S. The number of carboxylic acids is 1. The lowest BCUT2D eigenvalue weighted by molar-refractivity contribution is -0.140. The number of amides is 1. The van der Waals surface area contributed by atoms with Gasteiger partial charge in [-0.2, -0.15) is 13.2 Å². The molecule has 2 aromatic rings. The van der Waals surface area contributed by atoms with E-state index in [1.807, 2.05) is 0 Å². The van der Waals surface area contributed by atoms with Crippen LogP contribution in [-0.2, 0) is 15.8 Å². The van der Waals surface area contributed by atoms with Gasteiger partial charge in [0.05, 0.1) is 10.5 Å². The zero-order valence-corrected chi connectivity index (χ0v) is 18.1. The van der Waals surface area contributed by atoms with Crippen LogP contribution < -0.4 is 0 Å². The molecule has 0 unspecified atom stereocenters. The average Bonchev–Trinajstić information content (AvgIpc) is 3.27. The third-order valence-corrected chi connectivity index (χ3v) is 5.98. The molecule has 1 amide bonds. The predicted octanol–water partition coefficient (Wildman–Crippen LogP) is 5.95. The molecule has 1 fully saturated rings. The monoisotopic (exact) mass is 487 g/mol. The fourth-order valence-corrected chi connectivity index (χ4v) is 4.31. The number of unbranched alkanes of at least 4 members (excludes halogenated alkanes) is 2. The Morgan fingerprint density at radius 2 is 1.94 bits per heavy atom. The molecule has 2 heterocycles. The molecule has 0 bridgehead atoms. The molecule has 0 spiro atoms. The molecule has 1 aromatic heterocycles. The molecule has 1 aliphatic heterocycles. The first kappa shape index (κ1) is 24.0. The fourth-order valence-electron chi connectivity index (χ4n) is 3.03. The van der Waals surface area contributed by atoms with Crippen LogP contribution in [0.5, 0.6) is 0 Å². The van der Waals surface area contributed by atoms with E-state index in [4.69, 9.17) is 21.7 Å². The average molecular weight is 487 g/mol. The highest BCUT2D eigenvalue weighted by Crippen LogP contribution is 2.36. The molecule has 0 atom stereocenters. The minimum absolute atomic E-state index is 0.0484. The van der Waals surface area contributed by atoms with Gasteiger partial charge in [0.25, 0.3) is 5.91 Å². The maximum Gasteiger partial charge on any atom is 0.419 e. The first-order chi connectivity index (χ1) is 15.1. The maximum absolute atomic E-state index is 13.5. The smallest absolute Gasteiger partial charge is 0.419 e. The van der Waals surface area contributed by atoms with Gasteiger partial charge in [-0.1, -0.05) is 30.4 Å². The van der Waals surface area contributed by atoms with Crippen molar-refractivity contribution in [3.63, 3.8) is 0 Å². The standard InChI is InChI=1S/C21H17F4NO4S2/c22-15-7-5-12(10-14(15)21(23,24)25)16-8-6-13(30-16)11-17-19(29)26(20(31)32-17)9-3-1-2-4-18(27)28/h5-8,10-11H,1-4,9H2,(H,27,28)/b17-11+. The van der Waals surface area contributed by atoms with Crippen molar-refractivity contribution in [2.24, 2.45) is 0 Å². The van der Waals surface area contributed by atoms with E-state index in [2.05, 4.69) is 0 Å². The number of benzene rings is 1. The lowest BCUT2D eigenvalue weighted by Gasteiger charge is -2.13. The third-order valence-electron chi connectivity index (χ3n) is 4.60. The summed E-state index contributed by atoms with van der Waals surface area (Å²) >= 11 is 6.31. The summed E-state index contributed by atoms with van der Waals surface area (Å²) in [6.45, 7) is 0.362. The van der Waals surface area contributed by atoms with Crippen LogP contribution in [0.25, 0.3) is 17.4 Å². The Hall–Kier alpha value is -2.66. The van der Waals surface area contributed by atoms with Gasteiger partial charge in [-0.15, -0.1) is 0 Å². The molecule has 0 aliphatic carbocycles. The Morgan fingerprint density at radius 3 is 2.62 bits per heavy atom. The van der Waals surface area contributed by atoms with Crippen molar-refractivity contribution in [2.75, 3.05) is 6.54 Å². The highest BCUT2D eigenvalue weighted by atomic mass is 32.2. The van der Waals surface area contributed by atoms with Crippen molar-refractivity contribution < 1.29 is 36.7 Å². The summed E-state index contributed by atoms with van der Waals surface area (Å²) in [4.78, 5) is 24.9. The Labute approximate surface area is 190 Å². The highest BCUT2D eigenvalue weighted by Gasteiger charge is 2.35. The van der Waals surface area contributed by atoms with Crippen LogP contribution in [0.2, 0.25) is 0 Å². The number of alkyl halides is 3. The fraction of sp³-hybridized carbons (Fsp3) is 0.286. The minimum Gasteiger partial charge on any atom is -0.481 e. The first-order valence-electron chi connectivity index (χ1n) is 9.50. The second-order valence-electron chi connectivity index (χ2n) is 6.93. The molecule has 5 nitrogen and oxygen atoms in total. The van der Waals surface area contributed by atoms with Gasteiger partial charge in [0.15, 0.2) is 0 Å². The van der Waals surface area contributed by atoms with E-state index in [9.17, 15) is 27.2 Å². The molecule has 3 rings (SSSR count). The summed E-state index contributed by atoms with van der Waals surface area (Å²) < 4.78 is 58.2. The number of nitrogens with zero attached hydrogens (tertiary/aromatic N) is 1. The van der Waals surface area contributed by atoms with Crippen LogP contribution in [-0.4, -0.2) is 32.7 Å². The Bertz CT molecular complexity index is 1080. The van der Waals surface area contributed by atoms with E-state index in [0.29, 0.717) is 41.1 Å². The Balaban J connectivity index is 1.69. The van der Waals surface area contributed by atoms with Gasteiger partial charge in [-0.05, 0) is 43.2 Å². The number of hydrogen-bond donors (Lipinski definition) is 1. The van der Waals surface area contributed by atoms with Crippen molar-refractivity contribution >= 4 is 46.3 Å². The van der Waals surface area contributed by atoms with Crippen molar-refractivity contribution in [2.45, 2.75) is 31.9 Å². The molecule has 1 saturated heterocycles. The van der Waals surface area contributed by atoms with E-state index in [1.165, 1.54) is 29.2 Å². The quantitative estimate of drug-likeness (QED) is 0.215. The van der Waals surface area contributed by atoms with Crippen LogP contribution >= 0.6 is 24.0 Å². The van der Waals surface area contributed by atoms with Crippen molar-refractivity contribution in [3.05, 3.63) is 52.4 Å². The summed E-state index contributed by atoms with van der Waals surface area (Å²) in [6.07, 6.45) is -1.57. The molecule has 1 aromatic carbocycles. The molecular formula is C21H17F4NO4S2. The topological polar surface area (TPSA) is 70.8 Å². The maximum atomic E-state index is 13.5. The van der Waals surface area contributed by atoms with Crippen molar-refractivity contribution in [1.82, 2.24) is 4.90 Å². The first-order valence-corrected chi connectivity index (χ1v) is 10.7. The molecule has 32 heavy (non-hydrogen) atoms. The van der Waals surface area contributed by atoms with Crippen LogP contribution in [0.3, 0.4) is 0 Å². The Morgan fingerprint density at radius 1 is 1.19 bits per heavy atom. The van der Waals surface area contributed by atoms with Gasteiger partial charge in [-0.25, -0.2) is 4.39 Å². The van der Waals surface area contributed by atoms with E-state index in [0.717, 1.165) is 17.8 Å². The summed E-state index contributed by atoms with van der Waals surface area (Å²) in [6, 6.07) is 5.49. The number of aliphatic carboxylic acids is 1. The largest absolute Gasteiger partial charge is 0.481 e. The Kier molecular flexibility index (Phi) is 7.40. The van der Waals surface area contributed by atoms with Gasteiger partial charge in [-0.3, -0.25) is 14.5 Å². The second-order valence-corrected chi connectivity index (χ2v) is 8.61. The number of hydrogen-bond acceptors (Lipinski definition) is 5. The zero-order valence-electron chi connectivity index (χ0n) is 16.4. The number of carbonyl (C=O) groups excluding carboxylic acids is 1. The summed E-state index contributed by atoms with van der Waals surface area (Å²) in [5.74, 6) is -2.24. The van der Waals surface area contributed by atoms with Crippen LogP contribution in [0.4, 0.5) is 17.6 Å². The predicted molar refractivity (Wildman–Crippen MR) is 115 cm³/mol. The van der Waals surface area contributed by atoms with E-state index < -0.39 is 23.5 Å². The van der Waals surface area contributed by atoms with Crippen LogP contribution in [0.1, 0.15) is 37.0 Å². The van der Waals surface area contributed by atoms with Crippen LogP contribution in [0.15, 0.2) is 39.7 Å². The van der Waals surface area contributed by atoms with E-state index in [-0.39, 0.29) is 29.4 Å². The van der Waals surface area contributed by atoms with Crippen LogP contribution in [0, 0.1) is 5.82 Å². The molecular weight excluding hydrogens is 470 g/mol. The lowest BCUT2D eigenvalue weighted by Crippen LogP contribution is -2.29. The molecule has 1 aliphatic rings. The number of thiocarbonyl (C=S) groups is 1. The van der Waals surface area contributed by atoms with E-state index in [1.54, 1.807) is 0 Å². The number of halogens is 4. The van der Waals surface area contributed by atoms with Gasteiger partial charge in [0.2, 0.25) is 0 Å². The second kappa shape index (κ2) is 9.86. The molecule has 1 N–H and O–H groups in total. The third kappa shape index (κ3) is 5.77. The minimum atomic E-state index is -4.84. The summed E-state index contributed by atoms with van der Waals surface area (Å²) in [5, 5.41) is 8.65. The molecule has 170 valence electrons.